The summed E-state index contributed by atoms with van der Waals surface area (Å²) < 4.78 is 31.4. The second kappa shape index (κ2) is 11.3. The summed E-state index contributed by atoms with van der Waals surface area (Å²) in [6.45, 7) is 8.75. The van der Waals surface area contributed by atoms with Crippen molar-refractivity contribution >= 4 is 39.1 Å². The Morgan fingerprint density at radius 3 is 2.31 bits per heavy atom. The predicted octanol–water partition coefficient (Wildman–Crippen LogP) is 3.76. The average molecular weight is 524 g/mol. The van der Waals surface area contributed by atoms with Gasteiger partial charge in [0, 0.05) is 12.1 Å². The summed E-state index contributed by atoms with van der Waals surface area (Å²) in [5.41, 5.74) is 1.55. The van der Waals surface area contributed by atoms with Crippen molar-refractivity contribution in [3.8, 4) is 5.75 Å². The van der Waals surface area contributed by atoms with Gasteiger partial charge in [0.2, 0.25) is 21.8 Å². The minimum absolute atomic E-state index is 0.139. The van der Waals surface area contributed by atoms with Gasteiger partial charge in [-0.15, -0.1) is 0 Å². The first-order valence-corrected chi connectivity index (χ1v) is 13.3. The lowest BCUT2D eigenvalue weighted by atomic mass is 10.1. The number of halogens is 1. The van der Waals surface area contributed by atoms with E-state index < -0.39 is 34.1 Å². The third-order valence-corrected chi connectivity index (χ3v) is 6.64. The molecule has 0 bridgehead atoms. The van der Waals surface area contributed by atoms with E-state index in [9.17, 15) is 18.0 Å². The van der Waals surface area contributed by atoms with Crippen LogP contribution in [0.1, 0.15) is 38.8 Å². The van der Waals surface area contributed by atoms with Crippen LogP contribution in [0.5, 0.6) is 5.75 Å². The monoisotopic (exact) mass is 523 g/mol. The SMILES string of the molecule is COc1ccc(N(CC(=O)N(Cc2cccc(C)c2)[C@@H](C)C(=O)NC(C)(C)C)S(C)(=O)=O)cc1Cl. The molecule has 8 nitrogen and oxygen atoms in total. The van der Waals surface area contributed by atoms with E-state index in [0.717, 1.165) is 21.7 Å². The predicted molar refractivity (Wildman–Crippen MR) is 139 cm³/mol. The van der Waals surface area contributed by atoms with Crippen molar-refractivity contribution in [3.05, 3.63) is 58.6 Å². The quantitative estimate of drug-likeness (QED) is 0.540. The van der Waals surface area contributed by atoms with Crippen LogP contribution in [0.15, 0.2) is 42.5 Å². The second-order valence-corrected chi connectivity index (χ2v) is 11.8. The smallest absolute Gasteiger partial charge is 0.244 e. The fourth-order valence-corrected chi connectivity index (χ4v) is 4.58. The number of amides is 2. The molecule has 0 saturated heterocycles. The number of aryl methyl sites for hydroxylation is 1. The topological polar surface area (TPSA) is 96.0 Å². The van der Waals surface area contributed by atoms with E-state index in [0.29, 0.717) is 5.75 Å². The Kier molecular flexibility index (Phi) is 9.19. The molecule has 2 rings (SSSR count). The van der Waals surface area contributed by atoms with Crippen molar-refractivity contribution in [1.29, 1.82) is 0 Å². The molecule has 0 aliphatic rings. The maximum absolute atomic E-state index is 13.6. The van der Waals surface area contributed by atoms with Crippen molar-refractivity contribution in [2.75, 3.05) is 24.2 Å². The van der Waals surface area contributed by atoms with Crippen molar-refractivity contribution < 1.29 is 22.7 Å². The molecule has 0 radical (unpaired) electrons. The van der Waals surface area contributed by atoms with Crippen molar-refractivity contribution in [1.82, 2.24) is 10.2 Å². The molecular formula is C25H34ClN3O5S. The molecule has 0 aliphatic carbocycles. The van der Waals surface area contributed by atoms with Crippen LogP contribution in [-0.4, -0.2) is 56.6 Å². The van der Waals surface area contributed by atoms with Crippen LogP contribution < -0.4 is 14.4 Å². The number of hydrogen-bond donors (Lipinski definition) is 1. The van der Waals surface area contributed by atoms with Crippen molar-refractivity contribution in [3.63, 3.8) is 0 Å². The van der Waals surface area contributed by atoms with Gasteiger partial charge in [-0.1, -0.05) is 41.4 Å². The Bertz CT molecular complexity index is 1180. The van der Waals surface area contributed by atoms with Gasteiger partial charge >= 0.3 is 0 Å². The molecule has 0 heterocycles. The fraction of sp³-hybridized carbons (Fsp3) is 0.440. The molecule has 0 fully saturated rings. The van der Waals surface area contributed by atoms with Crippen molar-refractivity contribution in [2.24, 2.45) is 0 Å². The van der Waals surface area contributed by atoms with Crippen LogP contribution >= 0.6 is 11.6 Å². The number of rotatable bonds is 9. The zero-order valence-electron chi connectivity index (χ0n) is 21.3. The number of anilines is 1. The molecule has 2 amide bonds. The van der Waals surface area contributed by atoms with Gasteiger partial charge in [0.25, 0.3) is 0 Å². The molecule has 1 atom stereocenters. The Balaban J connectivity index is 2.43. The number of benzene rings is 2. The minimum atomic E-state index is -3.85. The molecule has 0 spiro atoms. The van der Waals surface area contributed by atoms with Gasteiger partial charge in [-0.05, 0) is 58.4 Å². The van der Waals surface area contributed by atoms with Crippen LogP contribution in [-0.2, 0) is 26.2 Å². The molecule has 0 aromatic heterocycles. The molecule has 35 heavy (non-hydrogen) atoms. The maximum atomic E-state index is 13.6. The molecule has 0 aliphatic heterocycles. The third kappa shape index (κ3) is 8.14. The Morgan fingerprint density at radius 1 is 1.14 bits per heavy atom. The van der Waals surface area contributed by atoms with Gasteiger partial charge in [0.15, 0.2) is 0 Å². The van der Waals surface area contributed by atoms with E-state index in [-0.39, 0.29) is 23.2 Å². The van der Waals surface area contributed by atoms with Crippen LogP contribution in [0, 0.1) is 6.92 Å². The Morgan fingerprint density at radius 2 is 1.80 bits per heavy atom. The minimum Gasteiger partial charge on any atom is -0.495 e. The lowest BCUT2D eigenvalue weighted by Crippen LogP contribution is -2.54. The number of carbonyl (C=O) groups is 2. The van der Waals surface area contributed by atoms with Gasteiger partial charge in [-0.3, -0.25) is 13.9 Å². The van der Waals surface area contributed by atoms with E-state index >= 15 is 0 Å². The lowest BCUT2D eigenvalue weighted by molar-refractivity contribution is -0.140. The highest BCUT2D eigenvalue weighted by molar-refractivity contribution is 7.92. The molecule has 0 saturated carbocycles. The normalized spacial score (nSPS) is 12.6. The Hall–Kier alpha value is -2.78. The zero-order chi connectivity index (χ0) is 26.6. The first kappa shape index (κ1) is 28.5. The van der Waals surface area contributed by atoms with E-state index in [1.54, 1.807) is 6.92 Å². The third-order valence-electron chi connectivity index (χ3n) is 5.20. The number of methoxy groups -OCH3 is 1. The highest BCUT2D eigenvalue weighted by atomic mass is 35.5. The second-order valence-electron chi connectivity index (χ2n) is 9.51. The molecular weight excluding hydrogens is 490 g/mol. The molecule has 2 aromatic carbocycles. The number of nitrogens with one attached hydrogen (secondary N) is 1. The van der Waals surface area contributed by atoms with E-state index in [2.05, 4.69) is 5.32 Å². The molecule has 1 N–H and O–H groups in total. The molecule has 2 aromatic rings. The summed E-state index contributed by atoms with van der Waals surface area (Å²) in [6.07, 6.45) is 1.01. The number of carbonyl (C=O) groups excluding carboxylic acids is 2. The van der Waals surface area contributed by atoms with E-state index in [1.807, 2.05) is 52.0 Å². The summed E-state index contributed by atoms with van der Waals surface area (Å²) in [4.78, 5) is 27.9. The van der Waals surface area contributed by atoms with Gasteiger partial charge in [0.05, 0.1) is 24.1 Å². The largest absolute Gasteiger partial charge is 0.495 e. The van der Waals surface area contributed by atoms with Crippen LogP contribution in [0.25, 0.3) is 0 Å². The molecule has 192 valence electrons. The number of nitrogens with zero attached hydrogens (tertiary/aromatic N) is 2. The number of hydrogen-bond acceptors (Lipinski definition) is 5. The zero-order valence-corrected chi connectivity index (χ0v) is 22.8. The first-order valence-electron chi connectivity index (χ1n) is 11.1. The van der Waals surface area contributed by atoms with Gasteiger partial charge in [-0.25, -0.2) is 8.42 Å². The van der Waals surface area contributed by atoms with Gasteiger partial charge in [-0.2, -0.15) is 0 Å². The summed E-state index contributed by atoms with van der Waals surface area (Å²) in [6, 6.07) is 11.2. The Labute approximate surface area is 213 Å². The fourth-order valence-electron chi connectivity index (χ4n) is 3.49. The lowest BCUT2D eigenvalue weighted by Gasteiger charge is -2.33. The summed E-state index contributed by atoms with van der Waals surface area (Å²) >= 11 is 6.20. The summed E-state index contributed by atoms with van der Waals surface area (Å²) in [5.74, 6) is -0.485. The van der Waals surface area contributed by atoms with E-state index in [4.69, 9.17) is 16.3 Å². The first-order chi connectivity index (χ1) is 16.1. The van der Waals surface area contributed by atoms with Crippen LogP contribution in [0.2, 0.25) is 5.02 Å². The van der Waals surface area contributed by atoms with E-state index in [1.165, 1.54) is 30.2 Å². The number of ether oxygens (including phenoxy) is 1. The standard InChI is InChI=1S/C25H34ClN3O5S/c1-17-9-8-10-19(13-17)15-28(18(2)24(31)27-25(3,4)5)23(30)16-29(35(7,32)33)20-11-12-22(34-6)21(26)14-20/h8-14,18H,15-16H2,1-7H3,(H,27,31)/t18-/m0/s1. The maximum Gasteiger partial charge on any atom is 0.244 e. The van der Waals surface area contributed by atoms with Crippen LogP contribution in [0.4, 0.5) is 5.69 Å². The summed E-state index contributed by atoms with van der Waals surface area (Å²) in [7, 11) is -2.40. The molecule has 10 heteroatoms. The van der Waals surface area contributed by atoms with Gasteiger partial charge < -0.3 is 15.0 Å². The van der Waals surface area contributed by atoms with Gasteiger partial charge in [0.1, 0.15) is 18.3 Å². The highest BCUT2D eigenvalue weighted by Crippen LogP contribution is 2.30. The highest BCUT2D eigenvalue weighted by Gasteiger charge is 2.31. The summed E-state index contributed by atoms with van der Waals surface area (Å²) in [5, 5.41) is 3.10. The molecule has 0 unspecified atom stereocenters. The number of sulfonamides is 1. The van der Waals surface area contributed by atoms with Crippen LogP contribution in [0.3, 0.4) is 0 Å². The average Bonchev–Trinajstić information content (AvgIpc) is 2.73. The van der Waals surface area contributed by atoms with Crippen molar-refractivity contribution in [2.45, 2.75) is 52.7 Å².